The number of rotatable bonds is 0. The molecule has 0 radical (unpaired) electrons. The highest BCUT2D eigenvalue weighted by atomic mass is 19.0. The van der Waals surface area contributed by atoms with E-state index in [4.69, 9.17) is 0 Å². The largest absolute Gasteiger partial charge is 0.269 e. The van der Waals surface area contributed by atoms with Crippen LogP contribution >= 0.6 is 0 Å². The van der Waals surface area contributed by atoms with Gasteiger partial charge >= 0.3 is 0 Å². The lowest BCUT2D eigenvalue weighted by atomic mass is 10.2. The Morgan fingerprint density at radius 3 is 1.07 bits per heavy atom. The smallest absolute Gasteiger partial charge is 0.0398 e. The van der Waals surface area contributed by atoms with Gasteiger partial charge in [-0.15, -0.1) is 0 Å². The minimum atomic E-state index is 0. The molecule has 0 aliphatic rings. The summed E-state index contributed by atoms with van der Waals surface area (Å²) in [6.07, 6.45) is 0. The van der Waals surface area contributed by atoms with Crippen molar-refractivity contribution < 1.29 is 28.2 Å². The van der Waals surface area contributed by atoms with Gasteiger partial charge in [0.1, 0.15) is 0 Å². The quantitative estimate of drug-likeness (QED) is 0.596. The molecule has 0 heterocycles. The fourth-order valence-electron chi connectivity index (χ4n) is 0.807. The van der Waals surface area contributed by atoms with Crippen LogP contribution in [0.15, 0.2) is 24.3 Å². The van der Waals surface area contributed by atoms with Crippen LogP contribution in [0.1, 0.15) is 11.1 Å². The number of aryl methyl sites for hydroxylation is 2. The molecule has 90 valence electrons. The van der Waals surface area contributed by atoms with Crippen molar-refractivity contribution in [2.45, 2.75) is 13.8 Å². The molecule has 1 aromatic carbocycles. The molecule has 1 aromatic rings. The van der Waals surface area contributed by atoms with E-state index in [1.807, 2.05) is 0 Å². The van der Waals surface area contributed by atoms with Gasteiger partial charge in [-0.25, -0.2) is 0 Å². The van der Waals surface area contributed by atoms with Crippen LogP contribution in [0.25, 0.3) is 0 Å². The first-order valence-electron chi connectivity index (χ1n) is 2.82. The summed E-state index contributed by atoms with van der Waals surface area (Å²) in [5.41, 5.74) is 2.68. The molecule has 0 aliphatic heterocycles. The minimum absolute atomic E-state index is 0. The van der Waals surface area contributed by atoms with E-state index in [9.17, 15) is 0 Å². The van der Waals surface area contributed by atoms with Crippen LogP contribution in [-0.4, -0.2) is 0 Å². The van der Waals surface area contributed by atoms with Gasteiger partial charge in [0.25, 0.3) is 0 Å². The first-order chi connectivity index (χ1) is 3.79. The number of halogens is 6. The van der Waals surface area contributed by atoms with Gasteiger partial charge in [0.15, 0.2) is 0 Å². The predicted octanol–water partition coefficient (Wildman–Crippen LogP) is 3.22. The van der Waals surface area contributed by atoms with Gasteiger partial charge in [-0.05, 0) is 13.8 Å². The molecule has 0 fully saturated rings. The molecule has 0 nitrogen and oxygen atoms in total. The van der Waals surface area contributed by atoms with E-state index in [0.29, 0.717) is 0 Å². The molecule has 0 atom stereocenters. The van der Waals surface area contributed by atoms with Crippen LogP contribution < -0.4 is 0 Å². The Bertz CT molecular complexity index is 174. The average molecular weight is 226 g/mol. The summed E-state index contributed by atoms with van der Waals surface area (Å²) in [6.45, 7) is 4.21. The van der Waals surface area contributed by atoms with Crippen molar-refractivity contribution in [2.24, 2.45) is 0 Å². The summed E-state index contributed by atoms with van der Waals surface area (Å²) in [7, 11) is 0. The summed E-state index contributed by atoms with van der Waals surface area (Å²) < 4.78 is 0. The van der Waals surface area contributed by atoms with Gasteiger partial charge < -0.3 is 0 Å². The van der Waals surface area contributed by atoms with Gasteiger partial charge in [-0.3, -0.25) is 28.2 Å². The molecule has 0 saturated carbocycles. The van der Waals surface area contributed by atoms with E-state index in [2.05, 4.69) is 38.1 Å². The van der Waals surface area contributed by atoms with Crippen LogP contribution in [0.2, 0.25) is 0 Å². The molecule has 0 aliphatic carbocycles. The third-order valence-electron chi connectivity index (χ3n) is 1.17. The Kier molecular flexibility index (Phi) is 48.9. The molecule has 0 unspecified atom stereocenters. The van der Waals surface area contributed by atoms with E-state index in [1.165, 1.54) is 11.1 Å². The van der Waals surface area contributed by atoms with Crippen LogP contribution in [-0.2, 0) is 0 Å². The van der Waals surface area contributed by atoms with Gasteiger partial charge in [-0.1, -0.05) is 35.4 Å². The van der Waals surface area contributed by atoms with E-state index in [-0.39, 0.29) is 28.2 Å². The molecule has 0 spiro atoms. The zero-order valence-electron chi connectivity index (χ0n) is 7.76. The van der Waals surface area contributed by atoms with Crippen LogP contribution in [0, 0.1) is 13.8 Å². The highest BCUT2D eigenvalue weighted by Crippen LogP contribution is 2.00. The molecule has 0 N–H and O–H groups in total. The lowest BCUT2D eigenvalue weighted by molar-refractivity contribution is 1.11. The maximum Gasteiger partial charge on any atom is -0.0398 e. The summed E-state index contributed by atoms with van der Waals surface area (Å²) in [5, 5.41) is 0. The Hall–Kier alpha value is -1.20. The summed E-state index contributed by atoms with van der Waals surface area (Å²) in [6, 6.07) is 8.45. The van der Waals surface area contributed by atoms with Gasteiger partial charge in [-0.2, -0.15) is 0 Å². The Morgan fingerprint density at radius 2 is 0.929 bits per heavy atom. The molecule has 1 rings (SSSR count). The Labute approximate surface area is 78.5 Å². The molecule has 0 saturated heterocycles. The third kappa shape index (κ3) is 13.4. The first kappa shape index (κ1) is 38.5. The second-order valence-electron chi connectivity index (χ2n) is 2.16. The summed E-state index contributed by atoms with van der Waals surface area (Å²) in [5.74, 6) is 0. The maximum atomic E-state index is 2.17. The molecule has 0 bridgehead atoms. The Balaban J connectivity index is -0.0000000267. The van der Waals surface area contributed by atoms with Crippen LogP contribution in [0.5, 0.6) is 0 Å². The second-order valence-corrected chi connectivity index (χ2v) is 2.16. The number of hydrogen-bond donors (Lipinski definition) is 0. The summed E-state index contributed by atoms with van der Waals surface area (Å²) >= 11 is 0. The topological polar surface area (TPSA) is 0 Å². The van der Waals surface area contributed by atoms with Crippen molar-refractivity contribution in [3.05, 3.63) is 35.4 Å². The van der Waals surface area contributed by atoms with Gasteiger partial charge in [0.05, 0.1) is 0 Å². The van der Waals surface area contributed by atoms with E-state index in [1.54, 1.807) is 0 Å². The van der Waals surface area contributed by atoms with Crippen molar-refractivity contribution >= 4 is 0 Å². The SMILES string of the molecule is Cc1cccc(C)c1.F.F.F.F.F.F. The highest BCUT2D eigenvalue weighted by Gasteiger charge is 1.80. The monoisotopic (exact) mass is 226 g/mol. The van der Waals surface area contributed by atoms with Crippen molar-refractivity contribution in [2.75, 3.05) is 0 Å². The Morgan fingerprint density at radius 1 is 0.643 bits per heavy atom. The molecule has 0 aromatic heterocycles. The molecule has 0 amide bonds. The zero-order chi connectivity index (χ0) is 5.98. The van der Waals surface area contributed by atoms with E-state index >= 15 is 0 Å². The van der Waals surface area contributed by atoms with Crippen molar-refractivity contribution in [3.63, 3.8) is 0 Å². The van der Waals surface area contributed by atoms with E-state index < -0.39 is 0 Å². The van der Waals surface area contributed by atoms with Crippen molar-refractivity contribution in [1.82, 2.24) is 0 Å². The van der Waals surface area contributed by atoms with Gasteiger partial charge in [0, 0.05) is 0 Å². The van der Waals surface area contributed by atoms with Crippen LogP contribution in [0.4, 0.5) is 28.2 Å². The van der Waals surface area contributed by atoms with Gasteiger partial charge in [0.2, 0.25) is 0 Å². The molecule has 14 heavy (non-hydrogen) atoms. The molecular weight excluding hydrogens is 210 g/mol. The third-order valence-corrected chi connectivity index (χ3v) is 1.17. The maximum absolute atomic E-state index is 2.17. The number of benzene rings is 1. The summed E-state index contributed by atoms with van der Waals surface area (Å²) in [4.78, 5) is 0. The van der Waals surface area contributed by atoms with Crippen molar-refractivity contribution in [3.8, 4) is 0 Å². The lowest BCUT2D eigenvalue weighted by Gasteiger charge is -1.90. The van der Waals surface area contributed by atoms with Crippen molar-refractivity contribution in [1.29, 1.82) is 0 Å². The predicted molar refractivity (Wildman–Crippen MR) is 50.9 cm³/mol. The molecular formula is C8H16F6. The average Bonchev–Trinajstić information content (AvgIpc) is 1.64. The number of hydrogen-bond acceptors (Lipinski definition) is 0. The highest BCUT2D eigenvalue weighted by molar-refractivity contribution is 5.20. The standard InChI is InChI=1S/C8H10.6FH/c1-7-4-3-5-8(2)6-7;;;;;;/h3-6H,1-2H3;6*1H. The minimum Gasteiger partial charge on any atom is -0.269 e. The molecule has 6 heteroatoms. The fraction of sp³-hybridized carbons (Fsp3) is 0.250. The lowest BCUT2D eigenvalue weighted by Crippen LogP contribution is -1.71. The second kappa shape index (κ2) is 17.8. The normalized spacial score (nSPS) is 5.29. The first-order valence-corrected chi connectivity index (χ1v) is 2.82. The van der Waals surface area contributed by atoms with E-state index in [0.717, 1.165) is 0 Å². The zero-order valence-corrected chi connectivity index (χ0v) is 7.76. The van der Waals surface area contributed by atoms with Crippen LogP contribution in [0.3, 0.4) is 0 Å². The fourth-order valence-corrected chi connectivity index (χ4v) is 0.807.